The topological polar surface area (TPSA) is 130 Å². The second-order valence-corrected chi connectivity index (χ2v) is 12.8. The summed E-state index contributed by atoms with van der Waals surface area (Å²) in [5.41, 5.74) is -2.88. The number of ether oxygens (including phenoxy) is 6. The zero-order valence-corrected chi connectivity index (χ0v) is 24.0. The first-order valence-electron chi connectivity index (χ1n) is 14.5. The lowest BCUT2D eigenvalue weighted by molar-refractivity contribution is -0.293. The van der Waals surface area contributed by atoms with Gasteiger partial charge in [0.25, 0.3) is 0 Å². The Morgan fingerprint density at radius 1 is 1.10 bits per heavy atom. The van der Waals surface area contributed by atoms with E-state index in [-0.39, 0.29) is 55.8 Å². The maximum absolute atomic E-state index is 13.2. The lowest BCUT2D eigenvalue weighted by Gasteiger charge is -2.66. The number of epoxide rings is 1. The Kier molecular flexibility index (Phi) is 7.57. The molecular formula is C29H44O10. The molecule has 10 nitrogen and oxygen atoms in total. The van der Waals surface area contributed by atoms with Crippen LogP contribution in [-0.2, 0) is 42.8 Å². The van der Waals surface area contributed by atoms with Crippen LogP contribution in [0.1, 0.15) is 73.6 Å². The fraction of sp³-hybridized carbons (Fsp3) is 0.897. The number of esters is 3. The van der Waals surface area contributed by atoms with Gasteiger partial charge in [-0.2, -0.15) is 0 Å². The molecule has 3 saturated heterocycles. The van der Waals surface area contributed by atoms with Gasteiger partial charge in [0.15, 0.2) is 6.29 Å². The number of aliphatic hydroxyl groups excluding tert-OH is 1. The maximum Gasteiger partial charge on any atom is 0.308 e. The van der Waals surface area contributed by atoms with Crippen LogP contribution in [0.15, 0.2) is 0 Å². The van der Waals surface area contributed by atoms with Crippen molar-refractivity contribution in [1.82, 2.24) is 0 Å². The van der Waals surface area contributed by atoms with Gasteiger partial charge in [0.1, 0.15) is 24.4 Å². The van der Waals surface area contributed by atoms with E-state index in [1.807, 2.05) is 13.8 Å². The number of fused-ring (bicyclic) bond motifs is 3. The number of hydrogen-bond acceptors (Lipinski definition) is 10. The Bertz CT molecular complexity index is 967. The SMILES string of the molecule is CC[C@@H](C)C(=O)O[C@H]1C[C@H](O)[C@]2(CO2)[C@]2(COC(C)=O)[C@@H](OC(C)=O)C[C@@H](C)[C@](C)([C@@H]3C[C@@H]4CCO[C@@H]4O3)[C@@H]12. The van der Waals surface area contributed by atoms with Crippen LogP contribution in [0.4, 0.5) is 0 Å². The molecule has 0 bridgehead atoms. The second-order valence-electron chi connectivity index (χ2n) is 12.8. The average Bonchev–Trinajstić information content (AvgIpc) is 3.38. The van der Waals surface area contributed by atoms with Gasteiger partial charge in [-0.3, -0.25) is 14.4 Å². The fourth-order valence-electron chi connectivity index (χ4n) is 8.34. The molecule has 5 aliphatic rings. The van der Waals surface area contributed by atoms with Crippen molar-refractivity contribution in [2.24, 2.45) is 34.5 Å². The van der Waals surface area contributed by atoms with E-state index in [1.165, 1.54) is 13.8 Å². The molecule has 2 aliphatic carbocycles. The Hall–Kier alpha value is -1.75. The molecule has 12 atom stereocenters. The normalized spacial score (nSPS) is 47.2. The molecule has 1 N–H and O–H groups in total. The van der Waals surface area contributed by atoms with Crippen molar-refractivity contribution >= 4 is 17.9 Å². The molecule has 0 aromatic rings. The molecule has 5 rings (SSSR count). The Labute approximate surface area is 230 Å². The van der Waals surface area contributed by atoms with Gasteiger partial charge in [-0.1, -0.05) is 27.7 Å². The number of carbonyl (C=O) groups excluding carboxylic acids is 3. The predicted octanol–water partition coefficient (Wildman–Crippen LogP) is 2.77. The van der Waals surface area contributed by atoms with E-state index >= 15 is 0 Å². The third-order valence-electron chi connectivity index (χ3n) is 10.8. The minimum absolute atomic E-state index is 0.0306. The summed E-state index contributed by atoms with van der Waals surface area (Å²) in [6, 6.07) is 0. The highest BCUT2D eigenvalue weighted by molar-refractivity contribution is 5.72. The van der Waals surface area contributed by atoms with Gasteiger partial charge in [0.2, 0.25) is 0 Å². The van der Waals surface area contributed by atoms with Crippen LogP contribution in [-0.4, -0.2) is 79.1 Å². The van der Waals surface area contributed by atoms with Gasteiger partial charge in [-0.05, 0) is 31.6 Å². The van der Waals surface area contributed by atoms with Crippen molar-refractivity contribution in [3.63, 3.8) is 0 Å². The quantitative estimate of drug-likeness (QED) is 0.286. The van der Waals surface area contributed by atoms with Gasteiger partial charge < -0.3 is 33.5 Å². The summed E-state index contributed by atoms with van der Waals surface area (Å²) in [4.78, 5) is 38.0. The summed E-state index contributed by atoms with van der Waals surface area (Å²) in [6.07, 6.45) is -0.0662. The minimum atomic E-state index is -1.16. The van der Waals surface area contributed by atoms with Crippen molar-refractivity contribution in [1.29, 1.82) is 0 Å². The van der Waals surface area contributed by atoms with Gasteiger partial charge in [-0.15, -0.1) is 0 Å². The zero-order chi connectivity index (χ0) is 28.3. The molecule has 0 aromatic heterocycles. The number of rotatable bonds is 7. The number of carbonyl (C=O) groups is 3. The van der Waals surface area contributed by atoms with E-state index in [2.05, 4.69) is 13.8 Å². The molecule has 39 heavy (non-hydrogen) atoms. The van der Waals surface area contributed by atoms with E-state index < -0.39 is 52.6 Å². The maximum atomic E-state index is 13.2. The van der Waals surface area contributed by atoms with E-state index in [9.17, 15) is 19.5 Å². The number of aliphatic hydroxyl groups is 1. The molecule has 220 valence electrons. The Morgan fingerprint density at radius 3 is 2.41 bits per heavy atom. The van der Waals surface area contributed by atoms with Crippen molar-refractivity contribution < 1.29 is 47.9 Å². The first-order valence-corrected chi connectivity index (χ1v) is 14.5. The summed E-state index contributed by atoms with van der Waals surface area (Å²) in [7, 11) is 0. The highest BCUT2D eigenvalue weighted by Crippen LogP contribution is 2.70. The van der Waals surface area contributed by atoms with Crippen molar-refractivity contribution in [3.05, 3.63) is 0 Å². The van der Waals surface area contributed by atoms with Crippen LogP contribution in [0.2, 0.25) is 0 Å². The molecule has 3 heterocycles. The van der Waals surface area contributed by atoms with Gasteiger partial charge in [0, 0.05) is 37.5 Å². The smallest absolute Gasteiger partial charge is 0.308 e. The fourth-order valence-corrected chi connectivity index (χ4v) is 8.34. The minimum Gasteiger partial charge on any atom is -0.465 e. The molecule has 2 saturated carbocycles. The Morgan fingerprint density at radius 2 is 1.82 bits per heavy atom. The lowest BCUT2D eigenvalue weighted by Crippen LogP contribution is -2.75. The van der Waals surface area contributed by atoms with E-state index in [0.717, 1.165) is 12.8 Å². The van der Waals surface area contributed by atoms with Crippen molar-refractivity contribution in [3.8, 4) is 0 Å². The van der Waals surface area contributed by atoms with E-state index in [4.69, 9.17) is 28.4 Å². The average molecular weight is 553 g/mol. The monoisotopic (exact) mass is 552 g/mol. The summed E-state index contributed by atoms with van der Waals surface area (Å²) in [6.45, 7) is 11.4. The lowest BCUT2D eigenvalue weighted by atomic mass is 9.41. The number of hydrogen-bond donors (Lipinski definition) is 1. The van der Waals surface area contributed by atoms with Crippen LogP contribution in [0.25, 0.3) is 0 Å². The molecule has 1 spiro atoms. The third kappa shape index (κ3) is 4.41. The highest BCUT2D eigenvalue weighted by Gasteiger charge is 2.81. The van der Waals surface area contributed by atoms with Gasteiger partial charge in [-0.25, -0.2) is 0 Å². The van der Waals surface area contributed by atoms with Crippen LogP contribution >= 0.6 is 0 Å². The standard InChI is InChI=1S/C29H44O10/c1-7-15(2)25(33)38-20-12-21(32)29(14-36-29)28(13-35-17(4)30)23(37-18(5)31)10-16(3)27(6,24(20)28)22-11-19-8-9-34-26(19)39-22/h15-16,19-24,26,32H,7-14H2,1-6H3/t15-,16-,19+,20+,21+,22+,23+,24-,26-,27-,28-,29-/m1/s1. The molecule has 10 heteroatoms. The molecule has 0 amide bonds. The predicted molar refractivity (Wildman–Crippen MR) is 136 cm³/mol. The molecule has 0 unspecified atom stereocenters. The van der Waals surface area contributed by atoms with E-state index in [0.29, 0.717) is 19.4 Å². The van der Waals surface area contributed by atoms with Crippen LogP contribution < -0.4 is 0 Å². The molecular weight excluding hydrogens is 508 g/mol. The van der Waals surface area contributed by atoms with E-state index in [1.54, 1.807) is 0 Å². The summed E-state index contributed by atoms with van der Waals surface area (Å²) < 4.78 is 36.6. The zero-order valence-electron chi connectivity index (χ0n) is 24.0. The largest absolute Gasteiger partial charge is 0.465 e. The van der Waals surface area contributed by atoms with Crippen LogP contribution in [0.5, 0.6) is 0 Å². The molecule has 3 aliphatic heterocycles. The molecule has 5 fully saturated rings. The summed E-state index contributed by atoms with van der Waals surface area (Å²) in [5, 5.41) is 11.6. The van der Waals surface area contributed by atoms with Gasteiger partial charge >= 0.3 is 17.9 Å². The van der Waals surface area contributed by atoms with Crippen molar-refractivity contribution in [2.75, 3.05) is 19.8 Å². The van der Waals surface area contributed by atoms with Crippen LogP contribution in [0, 0.1) is 34.5 Å². The molecule has 0 aromatic carbocycles. The molecule has 0 radical (unpaired) electrons. The Balaban J connectivity index is 1.67. The second kappa shape index (κ2) is 10.3. The summed E-state index contributed by atoms with van der Waals surface area (Å²) in [5.74, 6) is -1.90. The van der Waals surface area contributed by atoms with Gasteiger partial charge in [0.05, 0.1) is 36.8 Å². The first kappa shape index (κ1) is 28.8. The third-order valence-corrected chi connectivity index (χ3v) is 10.8. The van der Waals surface area contributed by atoms with Crippen LogP contribution in [0.3, 0.4) is 0 Å². The first-order chi connectivity index (χ1) is 18.4. The highest BCUT2D eigenvalue weighted by atomic mass is 16.7. The summed E-state index contributed by atoms with van der Waals surface area (Å²) >= 11 is 0. The van der Waals surface area contributed by atoms with Crippen molar-refractivity contribution in [2.45, 2.75) is 110 Å².